The van der Waals surface area contributed by atoms with Crippen molar-refractivity contribution in [2.75, 3.05) is 18.0 Å². The van der Waals surface area contributed by atoms with Gasteiger partial charge < -0.3 is 4.90 Å². The number of halogens is 1. The molecule has 1 spiro atoms. The number of imidazole rings is 1. The quantitative estimate of drug-likeness (QED) is 0.537. The highest BCUT2D eigenvalue weighted by Crippen LogP contribution is 2.52. The van der Waals surface area contributed by atoms with Crippen molar-refractivity contribution in [3.05, 3.63) is 51.7 Å². The fourth-order valence-corrected chi connectivity index (χ4v) is 5.22. The molecule has 1 saturated heterocycles. The SMILES string of the molecule is C[C@@H]1c2cccnc2CC12CCN(c1ncc(I)c3nccn13)CC2. The monoisotopic (exact) mass is 445 g/mol. The molecule has 1 atom stereocenters. The average molecular weight is 445 g/mol. The van der Waals surface area contributed by atoms with E-state index in [1.807, 2.05) is 24.8 Å². The first-order chi connectivity index (χ1) is 12.2. The highest BCUT2D eigenvalue weighted by atomic mass is 127. The summed E-state index contributed by atoms with van der Waals surface area (Å²) in [5.41, 5.74) is 4.13. The third kappa shape index (κ3) is 2.29. The summed E-state index contributed by atoms with van der Waals surface area (Å²) in [7, 11) is 0. The van der Waals surface area contributed by atoms with Crippen LogP contribution in [0.2, 0.25) is 0 Å². The molecule has 0 amide bonds. The number of aromatic nitrogens is 4. The largest absolute Gasteiger partial charge is 0.342 e. The van der Waals surface area contributed by atoms with Crippen molar-refractivity contribution in [1.82, 2.24) is 19.4 Å². The maximum absolute atomic E-state index is 4.70. The van der Waals surface area contributed by atoms with Gasteiger partial charge in [-0.2, -0.15) is 0 Å². The zero-order chi connectivity index (χ0) is 17.0. The van der Waals surface area contributed by atoms with E-state index in [-0.39, 0.29) is 0 Å². The smallest absolute Gasteiger partial charge is 0.211 e. The van der Waals surface area contributed by atoms with E-state index in [9.17, 15) is 0 Å². The van der Waals surface area contributed by atoms with Gasteiger partial charge in [0, 0.05) is 43.6 Å². The number of fused-ring (bicyclic) bond motifs is 2. The van der Waals surface area contributed by atoms with Gasteiger partial charge in [0.25, 0.3) is 0 Å². The van der Waals surface area contributed by atoms with Crippen LogP contribution in [0.5, 0.6) is 0 Å². The van der Waals surface area contributed by atoms with Crippen LogP contribution in [0.15, 0.2) is 36.9 Å². The molecule has 128 valence electrons. The Labute approximate surface area is 160 Å². The highest BCUT2D eigenvalue weighted by molar-refractivity contribution is 14.1. The van der Waals surface area contributed by atoms with Gasteiger partial charge in [0.05, 0.1) is 3.57 Å². The van der Waals surface area contributed by atoms with Crippen molar-refractivity contribution in [3.63, 3.8) is 0 Å². The molecule has 1 aliphatic heterocycles. The molecule has 6 heteroatoms. The number of rotatable bonds is 1. The molecule has 1 aliphatic carbocycles. The molecule has 0 radical (unpaired) electrons. The number of pyridine rings is 1. The van der Waals surface area contributed by atoms with E-state index < -0.39 is 0 Å². The molecule has 3 aromatic heterocycles. The summed E-state index contributed by atoms with van der Waals surface area (Å²) >= 11 is 2.30. The van der Waals surface area contributed by atoms with Crippen LogP contribution >= 0.6 is 22.6 Å². The summed E-state index contributed by atoms with van der Waals surface area (Å²) in [6.45, 7) is 4.47. The predicted molar refractivity (Wildman–Crippen MR) is 106 cm³/mol. The highest BCUT2D eigenvalue weighted by Gasteiger charge is 2.46. The molecule has 3 aromatic rings. The summed E-state index contributed by atoms with van der Waals surface area (Å²) in [6.07, 6.45) is 11.2. The van der Waals surface area contributed by atoms with Crippen molar-refractivity contribution in [2.24, 2.45) is 5.41 Å². The lowest BCUT2D eigenvalue weighted by atomic mass is 9.70. The summed E-state index contributed by atoms with van der Waals surface area (Å²) in [4.78, 5) is 16.2. The topological polar surface area (TPSA) is 46.3 Å². The van der Waals surface area contributed by atoms with Crippen molar-refractivity contribution in [1.29, 1.82) is 0 Å². The van der Waals surface area contributed by atoms with Crippen LogP contribution in [-0.4, -0.2) is 32.4 Å². The average Bonchev–Trinajstić information content (AvgIpc) is 3.22. The van der Waals surface area contributed by atoms with E-state index in [0.29, 0.717) is 11.3 Å². The molecule has 1 fully saturated rings. The lowest BCUT2D eigenvalue weighted by molar-refractivity contribution is 0.192. The predicted octanol–water partition coefficient (Wildman–Crippen LogP) is 3.68. The normalized spacial score (nSPS) is 21.8. The Bertz CT molecular complexity index is 942. The van der Waals surface area contributed by atoms with Gasteiger partial charge in [-0.15, -0.1) is 0 Å². The Morgan fingerprint density at radius 3 is 2.80 bits per heavy atom. The first-order valence-corrected chi connectivity index (χ1v) is 9.92. The molecule has 0 aromatic carbocycles. The molecular formula is C19H20IN5. The lowest BCUT2D eigenvalue weighted by Crippen LogP contribution is -2.42. The van der Waals surface area contributed by atoms with Crippen LogP contribution in [0, 0.1) is 8.99 Å². The van der Waals surface area contributed by atoms with Gasteiger partial charge in [0.15, 0.2) is 5.65 Å². The summed E-state index contributed by atoms with van der Waals surface area (Å²) < 4.78 is 3.21. The maximum atomic E-state index is 4.70. The molecule has 4 heterocycles. The summed E-state index contributed by atoms with van der Waals surface area (Å²) in [5, 5.41) is 0. The Balaban J connectivity index is 1.42. The third-order valence-corrected chi connectivity index (χ3v) is 7.00. The third-order valence-electron chi connectivity index (χ3n) is 6.24. The van der Waals surface area contributed by atoms with Crippen LogP contribution in [0.3, 0.4) is 0 Å². The van der Waals surface area contributed by atoms with E-state index in [1.165, 1.54) is 24.1 Å². The van der Waals surface area contributed by atoms with E-state index in [1.54, 1.807) is 0 Å². The first-order valence-electron chi connectivity index (χ1n) is 8.84. The number of nitrogens with zero attached hydrogens (tertiary/aromatic N) is 5. The second kappa shape index (κ2) is 5.65. The number of piperidine rings is 1. The van der Waals surface area contributed by atoms with Gasteiger partial charge >= 0.3 is 0 Å². The van der Waals surface area contributed by atoms with Crippen LogP contribution in [0.25, 0.3) is 5.65 Å². The molecule has 0 bridgehead atoms. The van der Waals surface area contributed by atoms with Gasteiger partial charge in [-0.05, 0) is 64.8 Å². The Morgan fingerprint density at radius 2 is 2.00 bits per heavy atom. The van der Waals surface area contributed by atoms with Crippen molar-refractivity contribution >= 4 is 34.2 Å². The van der Waals surface area contributed by atoms with Crippen LogP contribution in [0.1, 0.15) is 36.9 Å². The first kappa shape index (κ1) is 15.5. The van der Waals surface area contributed by atoms with Crippen LogP contribution < -0.4 is 4.90 Å². The molecule has 2 aliphatic rings. The Hall–Kier alpha value is -1.70. The summed E-state index contributed by atoms with van der Waals surface area (Å²) in [5.74, 6) is 1.61. The zero-order valence-electron chi connectivity index (χ0n) is 14.2. The second-order valence-electron chi connectivity index (χ2n) is 7.31. The second-order valence-corrected chi connectivity index (χ2v) is 8.48. The standard InChI is InChI=1S/C19H20IN5/c1-13-14-3-2-6-21-16(14)11-19(13)4-8-24(9-5-19)18-23-12-15(20)17-22-7-10-25(17)18/h2-3,6-7,10,12-13H,4-5,8-9,11H2,1H3/t13-/m1/s1. The molecule has 5 nitrogen and oxygen atoms in total. The summed E-state index contributed by atoms with van der Waals surface area (Å²) in [6, 6.07) is 4.35. The minimum Gasteiger partial charge on any atom is -0.342 e. The molecule has 0 N–H and O–H groups in total. The number of hydrogen-bond donors (Lipinski definition) is 0. The van der Waals surface area contributed by atoms with Crippen molar-refractivity contribution < 1.29 is 0 Å². The van der Waals surface area contributed by atoms with Gasteiger partial charge in [0.2, 0.25) is 5.95 Å². The van der Waals surface area contributed by atoms with Crippen molar-refractivity contribution in [3.8, 4) is 0 Å². The minimum absolute atomic E-state index is 0.366. The number of anilines is 1. The Kier molecular flexibility index (Phi) is 3.52. The fourth-order valence-electron chi connectivity index (χ4n) is 4.68. The zero-order valence-corrected chi connectivity index (χ0v) is 16.3. The lowest BCUT2D eigenvalue weighted by Gasteiger charge is -2.42. The molecule has 0 saturated carbocycles. The molecule has 5 rings (SSSR count). The van der Waals surface area contributed by atoms with Crippen LogP contribution in [-0.2, 0) is 6.42 Å². The van der Waals surface area contributed by atoms with Gasteiger partial charge in [0.1, 0.15) is 0 Å². The van der Waals surface area contributed by atoms with E-state index in [0.717, 1.165) is 34.7 Å². The van der Waals surface area contributed by atoms with Crippen molar-refractivity contribution in [2.45, 2.75) is 32.1 Å². The Morgan fingerprint density at radius 1 is 1.16 bits per heavy atom. The van der Waals surface area contributed by atoms with Gasteiger partial charge in [-0.25, -0.2) is 9.97 Å². The molecule has 25 heavy (non-hydrogen) atoms. The van der Waals surface area contributed by atoms with Gasteiger partial charge in [-0.3, -0.25) is 9.38 Å². The minimum atomic E-state index is 0.366. The number of hydrogen-bond acceptors (Lipinski definition) is 4. The van der Waals surface area contributed by atoms with E-state index >= 15 is 0 Å². The maximum Gasteiger partial charge on any atom is 0.211 e. The molecule has 0 unspecified atom stereocenters. The van der Waals surface area contributed by atoms with Gasteiger partial charge in [-0.1, -0.05) is 13.0 Å². The van der Waals surface area contributed by atoms with E-state index in [2.05, 4.69) is 60.9 Å². The fraction of sp³-hybridized carbons (Fsp3) is 0.421. The molecular weight excluding hydrogens is 425 g/mol. The van der Waals surface area contributed by atoms with Crippen LogP contribution in [0.4, 0.5) is 5.95 Å². The van der Waals surface area contributed by atoms with E-state index in [4.69, 9.17) is 4.98 Å².